The standard InChI is InChI=1S/C13H18N4O3S/c1-2-17-8-12(13(14)15-17)21(19,20)16-11(9-18)10-6-4-3-5-7-10/h3-8,11,16,18H,2,9H2,1H3,(H2,14,15)/t11-/m1/s1. The van der Waals surface area contributed by atoms with E-state index in [-0.39, 0.29) is 17.3 Å². The van der Waals surface area contributed by atoms with E-state index in [1.165, 1.54) is 10.9 Å². The first-order chi connectivity index (χ1) is 9.97. The maximum atomic E-state index is 12.4. The van der Waals surface area contributed by atoms with Gasteiger partial charge in [0.1, 0.15) is 4.90 Å². The van der Waals surface area contributed by atoms with Crippen LogP contribution >= 0.6 is 0 Å². The fourth-order valence-corrected chi connectivity index (χ4v) is 3.22. The number of nitrogen functional groups attached to an aromatic ring is 1. The number of aliphatic hydroxyl groups excluding tert-OH is 1. The van der Waals surface area contributed by atoms with Crippen molar-refractivity contribution < 1.29 is 13.5 Å². The number of nitrogens with one attached hydrogen (secondary N) is 1. The minimum atomic E-state index is -3.86. The van der Waals surface area contributed by atoms with Crippen LogP contribution in [0.3, 0.4) is 0 Å². The molecule has 114 valence electrons. The molecule has 1 aromatic heterocycles. The third-order valence-corrected chi connectivity index (χ3v) is 4.54. The third kappa shape index (κ3) is 3.41. The monoisotopic (exact) mass is 310 g/mol. The van der Waals surface area contributed by atoms with Gasteiger partial charge in [0.25, 0.3) is 0 Å². The van der Waals surface area contributed by atoms with Crippen LogP contribution in [0.25, 0.3) is 0 Å². The van der Waals surface area contributed by atoms with Crippen molar-refractivity contribution in [3.8, 4) is 0 Å². The average molecular weight is 310 g/mol. The fraction of sp³-hybridized carbons (Fsp3) is 0.308. The summed E-state index contributed by atoms with van der Waals surface area (Å²) in [5.41, 5.74) is 6.32. The number of aryl methyl sites for hydroxylation is 1. The highest BCUT2D eigenvalue weighted by molar-refractivity contribution is 7.89. The van der Waals surface area contributed by atoms with Crippen molar-refractivity contribution in [3.05, 3.63) is 42.1 Å². The van der Waals surface area contributed by atoms with Gasteiger partial charge in [-0.2, -0.15) is 5.10 Å². The Kier molecular flexibility index (Phi) is 4.61. The smallest absolute Gasteiger partial charge is 0.246 e. The molecule has 8 heteroatoms. The van der Waals surface area contributed by atoms with E-state index >= 15 is 0 Å². The average Bonchev–Trinajstić information content (AvgIpc) is 2.88. The zero-order valence-corrected chi connectivity index (χ0v) is 12.4. The summed E-state index contributed by atoms with van der Waals surface area (Å²) in [5, 5.41) is 13.3. The quantitative estimate of drug-likeness (QED) is 0.719. The Labute approximate surface area is 123 Å². The number of aliphatic hydroxyl groups is 1. The van der Waals surface area contributed by atoms with E-state index in [1.54, 1.807) is 24.3 Å². The minimum Gasteiger partial charge on any atom is -0.394 e. The molecule has 0 aliphatic carbocycles. The summed E-state index contributed by atoms with van der Waals surface area (Å²) < 4.78 is 28.6. The van der Waals surface area contributed by atoms with E-state index in [4.69, 9.17) is 5.73 Å². The number of sulfonamides is 1. The van der Waals surface area contributed by atoms with Crippen molar-refractivity contribution in [2.24, 2.45) is 0 Å². The second-order valence-electron chi connectivity index (χ2n) is 4.50. The lowest BCUT2D eigenvalue weighted by atomic mass is 10.1. The Bertz CT molecular complexity index is 697. The van der Waals surface area contributed by atoms with E-state index in [1.807, 2.05) is 13.0 Å². The van der Waals surface area contributed by atoms with E-state index < -0.39 is 16.1 Å². The van der Waals surface area contributed by atoms with Crippen LogP contribution in [-0.4, -0.2) is 29.9 Å². The summed E-state index contributed by atoms with van der Waals surface area (Å²) >= 11 is 0. The van der Waals surface area contributed by atoms with Gasteiger partial charge in [0.2, 0.25) is 10.0 Å². The number of hydrogen-bond acceptors (Lipinski definition) is 5. The predicted octanol–water partition coefficient (Wildman–Crippen LogP) is 0.497. The van der Waals surface area contributed by atoms with Gasteiger partial charge in [-0.25, -0.2) is 13.1 Å². The minimum absolute atomic E-state index is 0.0610. The predicted molar refractivity (Wildman–Crippen MR) is 78.9 cm³/mol. The Morgan fingerprint density at radius 2 is 2.05 bits per heavy atom. The van der Waals surface area contributed by atoms with Crippen molar-refractivity contribution in [1.29, 1.82) is 0 Å². The molecule has 0 saturated carbocycles. The Hall–Kier alpha value is -1.90. The zero-order chi connectivity index (χ0) is 15.5. The molecule has 0 fully saturated rings. The summed E-state index contributed by atoms with van der Waals surface area (Å²) in [7, 11) is -3.86. The Morgan fingerprint density at radius 3 is 2.57 bits per heavy atom. The maximum absolute atomic E-state index is 12.4. The SMILES string of the molecule is CCn1cc(S(=O)(=O)N[C@H](CO)c2ccccc2)c(N)n1. The maximum Gasteiger partial charge on any atom is 0.246 e. The number of nitrogens with two attached hydrogens (primary N) is 1. The summed E-state index contributed by atoms with van der Waals surface area (Å²) in [6, 6.07) is 8.10. The van der Waals surface area contributed by atoms with Crippen molar-refractivity contribution in [2.45, 2.75) is 24.4 Å². The lowest BCUT2D eigenvalue weighted by molar-refractivity contribution is 0.259. The highest BCUT2D eigenvalue weighted by atomic mass is 32.2. The molecule has 2 aromatic rings. The first-order valence-electron chi connectivity index (χ1n) is 6.49. The van der Waals surface area contributed by atoms with Crippen LogP contribution < -0.4 is 10.5 Å². The first-order valence-corrected chi connectivity index (χ1v) is 7.97. The van der Waals surface area contributed by atoms with Crippen molar-refractivity contribution >= 4 is 15.8 Å². The second-order valence-corrected chi connectivity index (χ2v) is 6.18. The van der Waals surface area contributed by atoms with E-state index in [2.05, 4.69) is 9.82 Å². The van der Waals surface area contributed by atoms with Gasteiger partial charge in [-0.15, -0.1) is 0 Å². The van der Waals surface area contributed by atoms with Crippen molar-refractivity contribution in [3.63, 3.8) is 0 Å². The highest BCUT2D eigenvalue weighted by Crippen LogP contribution is 2.20. The van der Waals surface area contributed by atoms with Gasteiger partial charge in [0.15, 0.2) is 5.82 Å². The first kappa shape index (κ1) is 15.5. The molecular weight excluding hydrogens is 292 g/mol. The molecule has 1 aromatic carbocycles. The summed E-state index contributed by atoms with van der Waals surface area (Å²) in [5.74, 6) is -0.0610. The van der Waals surface area contributed by atoms with Gasteiger partial charge >= 0.3 is 0 Å². The van der Waals surface area contributed by atoms with Crippen LogP contribution in [-0.2, 0) is 16.6 Å². The number of aromatic nitrogens is 2. The molecule has 1 atom stereocenters. The number of rotatable bonds is 6. The van der Waals surface area contributed by atoms with E-state index in [0.717, 1.165) is 0 Å². The molecule has 0 unspecified atom stereocenters. The molecule has 4 N–H and O–H groups in total. The molecule has 1 heterocycles. The number of nitrogens with zero attached hydrogens (tertiary/aromatic N) is 2. The van der Waals surface area contributed by atoms with E-state index in [0.29, 0.717) is 12.1 Å². The van der Waals surface area contributed by atoms with Crippen LogP contribution in [0.1, 0.15) is 18.5 Å². The Morgan fingerprint density at radius 1 is 1.38 bits per heavy atom. The van der Waals surface area contributed by atoms with Crippen LogP contribution in [0.15, 0.2) is 41.4 Å². The molecule has 7 nitrogen and oxygen atoms in total. The molecule has 21 heavy (non-hydrogen) atoms. The normalized spacial score (nSPS) is 13.2. The molecule has 0 bridgehead atoms. The lowest BCUT2D eigenvalue weighted by Crippen LogP contribution is -2.31. The summed E-state index contributed by atoms with van der Waals surface area (Å²) in [6.45, 7) is 1.99. The molecule has 0 amide bonds. The molecule has 2 rings (SSSR count). The second kappa shape index (κ2) is 6.25. The van der Waals surface area contributed by atoms with Gasteiger partial charge in [0.05, 0.1) is 12.6 Å². The molecule has 0 aliphatic rings. The summed E-state index contributed by atoms with van der Waals surface area (Å²) in [4.78, 5) is -0.0845. The topological polar surface area (TPSA) is 110 Å². The number of benzene rings is 1. The fourth-order valence-electron chi connectivity index (χ4n) is 1.93. The zero-order valence-electron chi connectivity index (χ0n) is 11.6. The molecular formula is C13H18N4O3S. The van der Waals surface area contributed by atoms with Crippen LogP contribution in [0.2, 0.25) is 0 Å². The third-order valence-electron chi connectivity index (χ3n) is 3.05. The lowest BCUT2D eigenvalue weighted by Gasteiger charge is -2.16. The van der Waals surface area contributed by atoms with Gasteiger partial charge in [-0.3, -0.25) is 4.68 Å². The van der Waals surface area contributed by atoms with Gasteiger partial charge < -0.3 is 10.8 Å². The van der Waals surface area contributed by atoms with E-state index in [9.17, 15) is 13.5 Å². The van der Waals surface area contributed by atoms with Crippen LogP contribution in [0.5, 0.6) is 0 Å². The van der Waals surface area contributed by atoms with Gasteiger partial charge in [-0.05, 0) is 12.5 Å². The number of hydrogen-bond donors (Lipinski definition) is 3. The van der Waals surface area contributed by atoms with Crippen LogP contribution in [0, 0.1) is 0 Å². The largest absolute Gasteiger partial charge is 0.394 e. The molecule has 0 aliphatic heterocycles. The molecule has 0 saturated heterocycles. The summed E-state index contributed by atoms with van der Waals surface area (Å²) in [6.07, 6.45) is 1.37. The Balaban J connectivity index is 2.29. The molecule has 0 spiro atoms. The molecule has 0 radical (unpaired) electrons. The van der Waals surface area contributed by atoms with Crippen LogP contribution in [0.4, 0.5) is 5.82 Å². The van der Waals surface area contributed by atoms with Crippen molar-refractivity contribution in [1.82, 2.24) is 14.5 Å². The van der Waals surface area contributed by atoms with Gasteiger partial charge in [0, 0.05) is 12.7 Å². The highest BCUT2D eigenvalue weighted by Gasteiger charge is 2.25. The van der Waals surface area contributed by atoms with Crippen molar-refractivity contribution in [2.75, 3.05) is 12.3 Å². The van der Waals surface area contributed by atoms with Gasteiger partial charge in [-0.1, -0.05) is 30.3 Å². The number of anilines is 1.